The second-order valence-corrected chi connectivity index (χ2v) is 15.1. The number of fused-ring (bicyclic) bond motifs is 1. The van der Waals surface area contributed by atoms with Crippen molar-refractivity contribution in [1.29, 1.82) is 0 Å². The highest BCUT2D eigenvalue weighted by molar-refractivity contribution is 6.05. The molecule has 8 rings (SSSR count). The van der Waals surface area contributed by atoms with Gasteiger partial charge in [0.15, 0.2) is 0 Å². The minimum Gasteiger partial charge on any atom is -0.508 e. The van der Waals surface area contributed by atoms with E-state index in [1.54, 1.807) is 17.0 Å². The van der Waals surface area contributed by atoms with E-state index in [-0.39, 0.29) is 29.9 Å². The minimum atomic E-state index is -0.589. The molecule has 0 bridgehead atoms. The summed E-state index contributed by atoms with van der Waals surface area (Å²) in [7, 11) is 0. The zero-order valence-corrected chi connectivity index (χ0v) is 31.0. The highest BCUT2D eigenvalue weighted by atomic mass is 16.3. The number of hydrogen-bond acceptors (Lipinski definition) is 7. The third kappa shape index (κ3) is 7.37. The fourth-order valence-electron chi connectivity index (χ4n) is 8.83. The first-order valence-corrected chi connectivity index (χ1v) is 19.5. The van der Waals surface area contributed by atoms with Crippen molar-refractivity contribution in [2.45, 2.75) is 51.6 Å². The molecular formula is C45H49N5O4. The van der Waals surface area contributed by atoms with Gasteiger partial charge in [-0.1, -0.05) is 61.5 Å². The van der Waals surface area contributed by atoms with Crippen molar-refractivity contribution in [2.75, 3.05) is 55.6 Å². The quantitative estimate of drug-likeness (QED) is 0.149. The maximum atomic E-state index is 13.1. The molecular weight excluding hydrogens is 675 g/mol. The molecule has 3 saturated heterocycles. The monoisotopic (exact) mass is 723 g/mol. The summed E-state index contributed by atoms with van der Waals surface area (Å²) in [6.45, 7) is 9.76. The largest absolute Gasteiger partial charge is 0.508 e. The Balaban J connectivity index is 0.851. The maximum Gasteiger partial charge on any atom is 0.255 e. The van der Waals surface area contributed by atoms with Crippen molar-refractivity contribution < 1.29 is 19.5 Å². The molecule has 9 nitrogen and oxygen atoms in total. The van der Waals surface area contributed by atoms with E-state index in [0.717, 1.165) is 69.0 Å². The van der Waals surface area contributed by atoms with Crippen molar-refractivity contribution in [3.8, 4) is 5.75 Å². The third-order valence-corrected chi connectivity index (χ3v) is 11.8. The number of amides is 3. The summed E-state index contributed by atoms with van der Waals surface area (Å²) < 4.78 is 0. The van der Waals surface area contributed by atoms with E-state index in [4.69, 9.17) is 0 Å². The number of piperidine rings is 2. The van der Waals surface area contributed by atoms with Crippen LogP contribution in [-0.4, -0.2) is 84.5 Å². The van der Waals surface area contributed by atoms with E-state index < -0.39 is 6.04 Å². The van der Waals surface area contributed by atoms with Crippen molar-refractivity contribution in [2.24, 2.45) is 5.92 Å². The number of carbonyl (C=O) groups excluding carboxylic acids is 3. The lowest BCUT2D eigenvalue weighted by molar-refractivity contribution is -0.136. The van der Waals surface area contributed by atoms with Crippen LogP contribution in [0.4, 0.5) is 11.4 Å². The van der Waals surface area contributed by atoms with Crippen LogP contribution in [0.15, 0.2) is 97.1 Å². The highest BCUT2D eigenvalue weighted by Crippen LogP contribution is 2.36. The van der Waals surface area contributed by atoms with Crippen LogP contribution >= 0.6 is 0 Å². The second kappa shape index (κ2) is 15.5. The first kappa shape index (κ1) is 35.6. The molecule has 0 aliphatic carbocycles. The lowest BCUT2D eigenvalue weighted by atomic mass is 9.88. The van der Waals surface area contributed by atoms with E-state index in [9.17, 15) is 19.5 Å². The van der Waals surface area contributed by atoms with Gasteiger partial charge in [0.2, 0.25) is 11.8 Å². The van der Waals surface area contributed by atoms with E-state index >= 15 is 0 Å². The molecule has 278 valence electrons. The molecule has 4 aromatic carbocycles. The average molecular weight is 724 g/mol. The molecule has 0 radical (unpaired) electrons. The number of piperazine rings is 1. The first-order valence-electron chi connectivity index (χ1n) is 19.5. The number of carbonyl (C=O) groups is 3. The van der Waals surface area contributed by atoms with E-state index in [2.05, 4.69) is 87.6 Å². The average Bonchev–Trinajstić information content (AvgIpc) is 3.53. The van der Waals surface area contributed by atoms with E-state index in [1.165, 1.54) is 40.8 Å². The summed E-state index contributed by atoms with van der Waals surface area (Å²) in [4.78, 5) is 46.4. The number of allylic oxidation sites excluding steroid dienone is 1. The van der Waals surface area contributed by atoms with Gasteiger partial charge in [-0.25, -0.2) is 0 Å². The topological polar surface area (TPSA) is 96.4 Å². The first-order chi connectivity index (χ1) is 26.3. The molecule has 4 heterocycles. The van der Waals surface area contributed by atoms with Crippen molar-refractivity contribution in [3.63, 3.8) is 0 Å². The van der Waals surface area contributed by atoms with Gasteiger partial charge in [-0.15, -0.1) is 0 Å². The zero-order chi connectivity index (χ0) is 37.2. The SMILES string of the molecule is CC/C(=C(\c1ccc(O)cc1)c1ccc(N2CCC(CN3CCN(c4ccc5c(c4)CN([C@H]4CCC(=O)NC4=O)C5=O)CC3)CC2)cc1)c1ccccc1. The number of nitrogens with zero attached hydrogens (tertiary/aromatic N) is 4. The molecule has 54 heavy (non-hydrogen) atoms. The second-order valence-electron chi connectivity index (χ2n) is 15.1. The third-order valence-electron chi connectivity index (χ3n) is 11.8. The molecule has 1 atom stereocenters. The number of phenols is 1. The predicted molar refractivity (Wildman–Crippen MR) is 213 cm³/mol. The van der Waals surface area contributed by atoms with Crippen molar-refractivity contribution in [1.82, 2.24) is 15.1 Å². The van der Waals surface area contributed by atoms with Gasteiger partial charge in [-0.3, -0.25) is 24.6 Å². The number of nitrogens with one attached hydrogen (secondary N) is 1. The van der Waals surface area contributed by atoms with Gasteiger partial charge in [0.1, 0.15) is 11.8 Å². The van der Waals surface area contributed by atoms with Crippen molar-refractivity contribution in [3.05, 3.63) is 125 Å². The van der Waals surface area contributed by atoms with Crippen LogP contribution < -0.4 is 15.1 Å². The molecule has 0 spiro atoms. The molecule has 0 saturated carbocycles. The Morgan fingerprint density at radius 2 is 1.37 bits per heavy atom. The van der Waals surface area contributed by atoms with Crippen LogP contribution in [0.25, 0.3) is 11.1 Å². The number of imide groups is 1. The van der Waals surface area contributed by atoms with Gasteiger partial charge in [0.05, 0.1) is 0 Å². The Labute approximate surface area is 317 Å². The normalized spacial score (nSPS) is 20.2. The molecule has 0 unspecified atom stereocenters. The number of hydrogen-bond donors (Lipinski definition) is 2. The number of aromatic hydroxyl groups is 1. The van der Waals surface area contributed by atoms with Gasteiger partial charge in [-0.2, -0.15) is 0 Å². The molecule has 3 fully saturated rings. The lowest BCUT2D eigenvalue weighted by Gasteiger charge is -2.40. The Morgan fingerprint density at radius 3 is 2.04 bits per heavy atom. The number of benzene rings is 4. The zero-order valence-electron chi connectivity index (χ0n) is 31.0. The summed E-state index contributed by atoms with van der Waals surface area (Å²) >= 11 is 0. The summed E-state index contributed by atoms with van der Waals surface area (Å²) in [6, 6.07) is 32.7. The highest BCUT2D eigenvalue weighted by Gasteiger charge is 2.39. The van der Waals surface area contributed by atoms with E-state index in [0.29, 0.717) is 24.4 Å². The van der Waals surface area contributed by atoms with Crippen LogP contribution in [0.3, 0.4) is 0 Å². The van der Waals surface area contributed by atoms with Crippen molar-refractivity contribution >= 4 is 40.2 Å². The predicted octanol–water partition coefficient (Wildman–Crippen LogP) is 6.56. The molecule has 2 N–H and O–H groups in total. The van der Waals surface area contributed by atoms with Crippen LogP contribution in [0.2, 0.25) is 0 Å². The number of anilines is 2. The Kier molecular flexibility index (Phi) is 10.2. The summed E-state index contributed by atoms with van der Waals surface area (Å²) in [5.41, 5.74) is 10.0. The summed E-state index contributed by atoms with van der Waals surface area (Å²) in [5.74, 6) is 0.185. The van der Waals surface area contributed by atoms with Gasteiger partial charge in [0.25, 0.3) is 5.91 Å². The molecule has 4 aliphatic heterocycles. The lowest BCUT2D eigenvalue weighted by Crippen LogP contribution is -2.52. The summed E-state index contributed by atoms with van der Waals surface area (Å²) in [6.07, 6.45) is 3.89. The molecule has 3 amide bonds. The fraction of sp³-hybridized carbons (Fsp3) is 0.356. The Morgan fingerprint density at radius 1 is 0.722 bits per heavy atom. The molecule has 4 aromatic rings. The molecule has 0 aromatic heterocycles. The number of rotatable bonds is 9. The Hall–Kier alpha value is -5.41. The van der Waals surface area contributed by atoms with Gasteiger partial charge in [0, 0.05) is 75.7 Å². The molecule has 9 heteroatoms. The summed E-state index contributed by atoms with van der Waals surface area (Å²) in [5, 5.41) is 12.4. The molecule has 4 aliphatic rings. The van der Waals surface area contributed by atoms with Crippen LogP contribution in [0.1, 0.15) is 71.6 Å². The standard InChI is InChI=1S/C45H49N5O4/c1-2-39(32-6-4-3-5-7-32)43(34-10-15-38(51)16-11-34)33-8-12-36(13-9-33)48-22-20-31(21-23-48)29-47-24-26-49(27-25-47)37-14-17-40-35(28-37)30-50(45(40)54)41-18-19-42(52)46-44(41)53/h3-17,28,31,41,51H,2,18-27,29-30H2,1H3,(H,46,52,53)/b43-39+/t41-/m0/s1. The number of phenolic OH excluding ortho intramolecular Hbond substituents is 1. The fourth-order valence-corrected chi connectivity index (χ4v) is 8.83. The minimum absolute atomic E-state index is 0.125. The smallest absolute Gasteiger partial charge is 0.255 e. The van der Waals surface area contributed by atoms with E-state index in [1.807, 2.05) is 24.3 Å². The maximum absolute atomic E-state index is 13.1. The van der Waals surface area contributed by atoms with Gasteiger partial charge < -0.3 is 19.8 Å². The Bertz CT molecular complexity index is 2030. The van der Waals surface area contributed by atoms with Crippen LogP contribution in [0, 0.1) is 5.92 Å². The van der Waals surface area contributed by atoms with Gasteiger partial charge in [-0.05, 0) is 107 Å². The van der Waals surface area contributed by atoms with Crippen LogP contribution in [0.5, 0.6) is 5.75 Å². The van der Waals surface area contributed by atoms with Crippen LogP contribution in [-0.2, 0) is 16.1 Å². The van der Waals surface area contributed by atoms with Gasteiger partial charge >= 0.3 is 0 Å².